The van der Waals surface area contributed by atoms with E-state index >= 15 is 0 Å². The van der Waals surface area contributed by atoms with Crippen LogP contribution in [0.4, 0.5) is 0 Å². The largest absolute Gasteiger partial charge is 0.340 e. The molecule has 0 radical (unpaired) electrons. The Labute approximate surface area is 113 Å². The van der Waals surface area contributed by atoms with Crippen LogP contribution in [-0.2, 0) is 17.8 Å². The summed E-state index contributed by atoms with van der Waals surface area (Å²) in [4.78, 5) is 18.0. The molecule has 19 heavy (non-hydrogen) atoms. The Morgan fingerprint density at radius 1 is 1.16 bits per heavy atom. The quantitative estimate of drug-likeness (QED) is 0.840. The average molecular weight is 254 g/mol. The third-order valence-electron chi connectivity index (χ3n) is 3.03. The van der Waals surface area contributed by atoms with Gasteiger partial charge in [-0.2, -0.15) is 0 Å². The summed E-state index contributed by atoms with van der Waals surface area (Å²) >= 11 is 0. The molecule has 0 unspecified atom stereocenters. The fraction of sp³-hybridized carbons (Fsp3) is 0.250. The van der Waals surface area contributed by atoms with Crippen molar-refractivity contribution < 1.29 is 4.79 Å². The van der Waals surface area contributed by atoms with Gasteiger partial charge in [0.2, 0.25) is 5.91 Å². The summed E-state index contributed by atoms with van der Waals surface area (Å²) in [5.74, 6) is 0.106. The maximum atomic E-state index is 12.1. The number of aryl methyl sites for hydroxylation is 1. The smallest absolute Gasteiger partial charge is 0.227 e. The van der Waals surface area contributed by atoms with Gasteiger partial charge in [0.25, 0.3) is 0 Å². The zero-order chi connectivity index (χ0) is 13.7. The maximum Gasteiger partial charge on any atom is 0.227 e. The number of carbonyl (C=O) groups is 1. The molecule has 0 spiro atoms. The number of nitrogens with zero attached hydrogens (tertiary/aromatic N) is 2. The Balaban J connectivity index is 1.94. The summed E-state index contributed by atoms with van der Waals surface area (Å²) in [6.07, 6.45) is 2.18. The highest BCUT2D eigenvalue weighted by Crippen LogP contribution is 2.07. The molecule has 3 heteroatoms. The minimum atomic E-state index is 0.106. The second-order valence-electron chi connectivity index (χ2n) is 4.73. The van der Waals surface area contributed by atoms with Gasteiger partial charge in [0, 0.05) is 13.2 Å². The molecule has 2 rings (SSSR count). The van der Waals surface area contributed by atoms with Crippen molar-refractivity contribution in [3.8, 4) is 0 Å². The number of pyridine rings is 1. The predicted octanol–water partition coefficient (Wildman–Crippen LogP) is 2.59. The Morgan fingerprint density at radius 2 is 1.89 bits per heavy atom. The molecule has 0 saturated heterocycles. The summed E-state index contributed by atoms with van der Waals surface area (Å²) in [6, 6.07) is 13.8. The summed E-state index contributed by atoms with van der Waals surface area (Å²) < 4.78 is 0. The van der Waals surface area contributed by atoms with Crippen molar-refractivity contribution in [3.05, 3.63) is 65.5 Å². The Bertz CT molecular complexity index is 534. The van der Waals surface area contributed by atoms with E-state index in [2.05, 4.69) is 4.98 Å². The summed E-state index contributed by atoms with van der Waals surface area (Å²) in [7, 11) is 1.81. The van der Waals surface area contributed by atoms with Gasteiger partial charge in [-0.1, -0.05) is 35.9 Å². The monoisotopic (exact) mass is 254 g/mol. The molecule has 0 aliphatic rings. The Morgan fingerprint density at radius 3 is 2.53 bits per heavy atom. The molecule has 1 heterocycles. The van der Waals surface area contributed by atoms with Gasteiger partial charge in [0.1, 0.15) is 0 Å². The lowest BCUT2D eigenvalue weighted by atomic mass is 10.1. The van der Waals surface area contributed by atoms with Crippen molar-refractivity contribution in [2.24, 2.45) is 0 Å². The molecule has 0 saturated carbocycles. The molecule has 0 fully saturated rings. The van der Waals surface area contributed by atoms with E-state index in [1.165, 1.54) is 5.56 Å². The van der Waals surface area contributed by atoms with Gasteiger partial charge >= 0.3 is 0 Å². The summed E-state index contributed by atoms with van der Waals surface area (Å²) in [5.41, 5.74) is 3.16. The van der Waals surface area contributed by atoms with Crippen molar-refractivity contribution in [2.45, 2.75) is 19.9 Å². The Hall–Kier alpha value is -2.16. The SMILES string of the molecule is Cc1ccc(CC(=O)N(C)Cc2ccccn2)cc1. The lowest BCUT2D eigenvalue weighted by molar-refractivity contribution is -0.129. The number of benzene rings is 1. The second-order valence-corrected chi connectivity index (χ2v) is 4.73. The first-order chi connectivity index (χ1) is 9.15. The first-order valence-corrected chi connectivity index (χ1v) is 6.34. The van der Waals surface area contributed by atoms with Crippen LogP contribution in [0.25, 0.3) is 0 Å². The van der Waals surface area contributed by atoms with Gasteiger partial charge in [-0.25, -0.2) is 0 Å². The number of aromatic nitrogens is 1. The lowest BCUT2D eigenvalue weighted by Gasteiger charge is -2.16. The number of likely N-dealkylation sites (N-methyl/N-ethyl adjacent to an activating group) is 1. The van der Waals surface area contributed by atoms with Gasteiger partial charge < -0.3 is 4.90 Å². The van der Waals surface area contributed by atoms with Crippen LogP contribution in [0.1, 0.15) is 16.8 Å². The number of rotatable bonds is 4. The molecule has 0 N–H and O–H groups in total. The molecule has 0 aliphatic carbocycles. The third kappa shape index (κ3) is 3.91. The van der Waals surface area contributed by atoms with E-state index in [1.54, 1.807) is 11.1 Å². The molecule has 3 nitrogen and oxygen atoms in total. The van der Waals surface area contributed by atoms with E-state index in [1.807, 2.05) is 56.4 Å². The fourth-order valence-electron chi connectivity index (χ4n) is 1.84. The first kappa shape index (κ1) is 13.3. The van der Waals surface area contributed by atoms with Gasteiger partial charge in [-0.3, -0.25) is 9.78 Å². The summed E-state index contributed by atoms with van der Waals surface area (Å²) in [5, 5.41) is 0. The van der Waals surface area contributed by atoms with E-state index in [-0.39, 0.29) is 5.91 Å². The number of hydrogen-bond donors (Lipinski definition) is 0. The predicted molar refractivity (Wildman–Crippen MR) is 75.6 cm³/mol. The summed E-state index contributed by atoms with van der Waals surface area (Å²) in [6.45, 7) is 2.59. The lowest BCUT2D eigenvalue weighted by Crippen LogP contribution is -2.28. The highest BCUT2D eigenvalue weighted by molar-refractivity contribution is 5.78. The topological polar surface area (TPSA) is 33.2 Å². The van der Waals surface area contributed by atoms with Gasteiger partial charge in [-0.15, -0.1) is 0 Å². The second kappa shape index (κ2) is 6.14. The van der Waals surface area contributed by atoms with E-state index in [9.17, 15) is 4.79 Å². The third-order valence-corrected chi connectivity index (χ3v) is 3.03. The first-order valence-electron chi connectivity index (χ1n) is 6.34. The van der Waals surface area contributed by atoms with Crippen LogP contribution in [-0.4, -0.2) is 22.8 Å². The van der Waals surface area contributed by atoms with Crippen LogP contribution in [0.2, 0.25) is 0 Å². The van der Waals surface area contributed by atoms with E-state index in [4.69, 9.17) is 0 Å². The Kier molecular flexibility index (Phi) is 4.29. The normalized spacial score (nSPS) is 10.2. The average Bonchev–Trinajstić information content (AvgIpc) is 2.42. The minimum absolute atomic E-state index is 0.106. The molecule has 1 aromatic heterocycles. The molecule has 1 aromatic carbocycles. The highest BCUT2D eigenvalue weighted by Gasteiger charge is 2.10. The number of carbonyl (C=O) groups excluding carboxylic acids is 1. The minimum Gasteiger partial charge on any atom is -0.340 e. The van der Waals surface area contributed by atoms with Gasteiger partial charge in [0.05, 0.1) is 18.7 Å². The van der Waals surface area contributed by atoms with Crippen LogP contribution in [0.5, 0.6) is 0 Å². The molecular weight excluding hydrogens is 236 g/mol. The van der Waals surface area contributed by atoms with Crippen LogP contribution in [0.15, 0.2) is 48.7 Å². The van der Waals surface area contributed by atoms with Crippen molar-refractivity contribution in [2.75, 3.05) is 7.05 Å². The van der Waals surface area contributed by atoms with Crippen LogP contribution in [0.3, 0.4) is 0 Å². The van der Waals surface area contributed by atoms with Gasteiger partial charge in [-0.05, 0) is 24.6 Å². The van der Waals surface area contributed by atoms with Crippen molar-refractivity contribution in [3.63, 3.8) is 0 Å². The van der Waals surface area contributed by atoms with Crippen molar-refractivity contribution in [1.82, 2.24) is 9.88 Å². The molecule has 1 amide bonds. The van der Waals surface area contributed by atoms with E-state index in [0.717, 1.165) is 11.3 Å². The molecule has 98 valence electrons. The van der Waals surface area contributed by atoms with Crippen LogP contribution >= 0.6 is 0 Å². The molecule has 0 aliphatic heterocycles. The molecule has 0 bridgehead atoms. The zero-order valence-corrected chi connectivity index (χ0v) is 11.3. The van der Waals surface area contributed by atoms with Crippen LogP contribution in [0, 0.1) is 6.92 Å². The maximum absolute atomic E-state index is 12.1. The zero-order valence-electron chi connectivity index (χ0n) is 11.3. The van der Waals surface area contributed by atoms with Crippen LogP contribution < -0.4 is 0 Å². The standard InChI is InChI=1S/C16H18N2O/c1-13-6-8-14(9-7-13)11-16(19)18(2)12-15-5-3-4-10-17-15/h3-10H,11-12H2,1-2H3. The number of amides is 1. The van der Waals surface area contributed by atoms with E-state index in [0.29, 0.717) is 13.0 Å². The van der Waals surface area contributed by atoms with Crippen molar-refractivity contribution in [1.29, 1.82) is 0 Å². The molecular formula is C16H18N2O. The van der Waals surface area contributed by atoms with Crippen molar-refractivity contribution >= 4 is 5.91 Å². The van der Waals surface area contributed by atoms with E-state index < -0.39 is 0 Å². The fourth-order valence-corrected chi connectivity index (χ4v) is 1.84. The highest BCUT2D eigenvalue weighted by atomic mass is 16.2. The van der Waals surface area contributed by atoms with Gasteiger partial charge in [0.15, 0.2) is 0 Å². The molecule has 0 atom stereocenters. The molecule has 2 aromatic rings. The number of hydrogen-bond acceptors (Lipinski definition) is 2.